The van der Waals surface area contributed by atoms with Gasteiger partial charge < -0.3 is 4.74 Å². The normalized spacial score (nSPS) is 18.3. The van der Waals surface area contributed by atoms with E-state index in [1.54, 1.807) is 0 Å². The van der Waals surface area contributed by atoms with E-state index in [2.05, 4.69) is 67.6 Å². The molecule has 0 amide bonds. The Hall–Kier alpha value is -2.87. The number of aryl methyl sites for hydroxylation is 1. The molecule has 2 nitrogen and oxygen atoms in total. The third kappa shape index (κ3) is 8.32. The van der Waals surface area contributed by atoms with Crippen molar-refractivity contribution >= 4 is 5.97 Å². The second-order valence-corrected chi connectivity index (χ2v) is 11.1. The van der Waals surface area contributed by atoms with Gasteiger partial charge in [-0.2, -0.15) is 0 Å². The van der Waals surface area contributed by atoms with Crippen LogP contribution in [0.2, 0.25) is 0 Å². The number of carbonyl (C=O) groups excluding carboxylic acids is 1. The average molecular weight is 497 g/mol. The third-order valence-electron chi connectivity index (χ3n) is 8.20. The fourth-order valence-corrected chi connectivity index (χ4v) is 5.72. The van der Waals surface area contributed by atoms with E-state index in [9.17, 15) is 4.79 Å². The van der Waals surface area contributed by atoms with Crippen LogP contribution < -0.4 is 4.74 Å². The fraction of sp³-hybridized carbons (Fsp3) is 0.457. The molecule has 1 aliphatic carbocycles. The monoisotopic (exact) mass is 496 g/mol. The van der Waals surface area contributed by atoms with Crippen molar-refractivity contribution in [3.05, 3.63) is 90.0 Å². The first-order chi connectivity index (χ1) is 18.1. The lowest BCUT2D eigenvalue weighted by Gasteiger charge is -2.29. The van der Waals surface area contributed by atoms with Crippen LogP contribution in [0.3, 0.4) is 0 Å². The molecular formula is C35H44O2. The van der Waals surface area contributed by atoms with Crippen molar-refractivity contribution in [1.82, 2.24) is 0 Å². The summed E-state index contributed by atoms with van der Waals surface area (Å²) in [6, 6.07) is 27.5. The van der Waals surface area contributed by atoms with Gasteiger partial charge in [0.15, 0.2) is 0 Å². The van der Waals surface area contributed by atoms with Gasteiger partial charge in [-0.05, 0) is 91.2 Å². The molecule has 37 heavy (non-hydrogen) atoms. The smallest absolute Gasteiger partial charge is 0.314 e. The Morgan fingerprint density at radius 3 is 2.16 bits per heavy atom. The topological polar surface area (TPSA) is 26.3 Å². The van der Waals surface area contributed by atoms with Gasteiger partial charge in [0.25, 0.3) is 0 Å². The van der Waals surface area contributed by atoms with Crippen molar-refractivity contribution in [2.75, 3.05) is 0 Å². The van der Waals surface area contributed by atoms with Crippen molar-refractivity contribution in [2.24, 2.45) is 11.8 Å². The third-order valence-corrected chi connectivity index (χ3v) is 8.20. The summed E-state index contributed by atoms with van der Waals surface area (Å²) in [6.07, 6.45) is 13.6. The van der Waals surface area contributed by atoms with Crippen molar-refractivity contribution in [3.8, 4) is 16.9 Å². The minimum absolute atomic E-state index is 0.105. The summed E-state index contributed by atoms with van der Waals surface area (Å²) < 4.78 is 5.72. The number of hydrogen-bond acceptors (Lipinski definition) is 2. The van der Waals surface area contributed by atoms with E-state index in [1.807, 2.05) is 25.1 Å². The molecule has 0 saturated heterocycles. The van der Waals surface area contributed by atoms with E-state index in [1.165, 1.54) is 73.6 Å². The number of hydrogen-bond donors (Lipinski definition) is 0. The first kappa shape index (κ1) is 27.2. The lowest BCUT2D eigenvalue weighted by molar-refractivity contribution is -0.138. The highest BCUT2D eigenvalue weighted by atomic mass is 16.5. The first-order valence-electron chi connectivity index (χ1n) is 14.6. The average Bonchev–Trinajstić information content (AvgIpc) is 2.95. The van der Waals surface area contributed by atoms with Gasteiger partial charge in [-0.25, -0.2) is 0 Å². The molecule has 0 spiro atoms. The van der Waals surface area contributed by atoms with Crippen LogP contribution >= 0.6 is 0 Å². The molecule has 4 rings (SSSR count). The van der Waals surface area contributed by atoms with Crippen molar-refractivity contribution < 1.29 is 9.53 Å². The maximum atomic E-state index is 12.7. The van der Waals surface area contributed by atoms with Gasteiger partial charge in [-0.15, -0.1) is 0 Å². The van der Waals surface area contributed by atoms with Crippen LogP contribution in [0.5, 0.6) is 5.75 Å². The lowest BCUT2D eigenvalue weighted by atomic mass is 9.77. The number of esters is 1. The Kier molecular flexibility index (Phi) is 10.4. The van der Waals surface area contributed by atoms with Gasteiger partial charge in [-0.3, -0.25) is 4.79 Å². The Morgan fingerprint density at radius 2 is 1.49 bits per heavy atom. The predicted octanol–water partition coefficient (Wildman–Crippen LogP) is 9.77. The Bertz CT molecular complexity index is 1060. The first-order valence-corrected chi connectivity index (χ1v) is 14.6. The van der Waals surface area contributed by atoms with E-state index in [0.29, 0.717) is 11.7 Å². The van der Waals surface area contributed by atoms with E-state index >= 15 is 0 Å². The van der Waals surface area contributed by atoms with Crippen LogP contribution in [-0.4, -0.2) is 5.97 Å². The second kappa shape index (κ2) is 14.2. The number of carbonyl (C=O) groups is 1. The number of ether oxygens (including phenoxy) is 1. The summed E-state index contributed by atoms with van der Waals surface area (Å²) in [5, 5.41) is 0. The largest absolute Gasteiger partial charge is 0.426 e. The zero-order valence-corrected chi connectivity index (χ0v) is 22.8. The van der Waals surface area contributed by atoms with E-state index in [-0.39, 0.29) is 11.9 Å². The maximum absolute atomic E-state index is 12.7. The summed E-state index contributed by atoms with van der Waals surface area (Å²) in [6.45, 7) is 4.26. The van der Waals surface area contributed by atoms with Crippen LogP contribution in [0.15, 0.2) is 78.9 Å². The highest BCUT2D eigenvalue weighted by Crippen LogP contribution is 2.38. The second-order valence-electron chi connectivity index (χ2n) is 11.1. The zero-order valence-electron chi connectivity index (χ0n) is 22.8. The zero-order chi connectivity index (χ0) is 25.9. The molecule has 3 aromatic rings. The van der Waals surface area contributed by atoms with Crippen LogP contribution in [0.25, 0.3) is 11.1 Å². The highest BCUT2D eigenvalue weighted by Gasteiger charge is 2.22. The summed E-state index contributed by atoms with van der Waals surface area (Å²) in [7, 11) is 0. The molecule has 1 unspecified atom stereocenters. The summed E-state index contributed by atoms with van der Waals surface area (Å²) in [4.78, 5) is 12.7. The molecule has 1 saturated carbocycles. The molecule has 0 N–H and O–H groups in total. The molecular weight excluding hydrogens is 452 g/mol. The van der Waals surface area contributed by atoms with Crippen molar-refractivity contribution in [1.29, 1.82) is 0 Å². The highest BCUT2D eigenvalue weighted by molar-refractivity contribution is 5.74. The standard InChI is InChI=1S/C35H44O2/c1-3-4-6-11-28-15-21-32(22-16-28)33-23-25-34(26-24-33)37-35(36)27(2)10-9-12-29-17-19-31(20-18-29)30-13-7-5-8-14-30/h5,7-8,13-14,17-20,23-28,32H,3-4,6,9-12,15-16,21-22H2,1-2H3. The van der Waals surface area contributed by atoms with Gasteiger partial charge in [-0.1, -0.05) is 106 Å². The van der Waals surface area contributed by atoms with Crippen molar-refractivity contribution in [3.63, 3.8) is 0 Å². The summed E-state index contributed by atoms with van der Waals surface area (Å²) in [5.41, 5.74) is 5.19. The van der Waals surface area contributed by atoms with Crippen molar-refractivity contribution in [2.45, 2.75) is 90.4 Å². The number of unbranched alkanes of at least 4 members (excludes halogenated alkanes) is 2. The molecule has 2 heteroatoms. The van der Waals surface area contributed by atoms with Gasteiger partial charge in [0.05, 0.1) is 5.92 Å². The van der Waals surface area contributed by atoms with Gasteiger partial charge >= 0.3 is 5.97 Å². The minimum atomic E-state index is -0.125. The Labute approximate surface area is 224 Å². The minimum Gasteiger partial charge on any atom is -0.426 e. The predicted molar refractivity (Wildman–Crippen MR) is 155 cm³/mol. The van der Waals surface area contributed by atoms with Crippen LogP contribution in [0.4, 0.5) is 0 Å². The van der Waals surface area contributed by atoms with Crippen LogP contribution in [-0.2, 0) is 11.2 Å². The number of benzene rings is 3. The van der Waals surface area contributed by atoms with Gasteiger partial charge in [0, 0.05) is 0 Å². The summed E-state index contributed by atoms with van der Waals surface area (Å²) in [5.74, 6) is 2.03. The molecule has 0 aromatic heterocycles. The molecule has 0 aliphatic heterocycles. The Morgan fingerprint density at radius 1 is 0.811 bits per heavy atom. The van der Waals surface area contributed by atoms with E-state index in [4.69, 9.17) is 4.74 Å². The lowest BCUT2D eigenvalue weighted by Crippen LogP contribution is -2.18. The van der Waals surface area contributed by atoms with E-state index in [0.717, 1.165) is 25.2 Å². The fourth-order valence-electron chi connectivity index (χ4n) is 5.72. The molecule has 196 valence electrons. The molecule has 0 heterocycles. The quantitative estimate of drug-likeness (QED) is 0.142. The van der Waals surface area contributed by atoms with Gasteiger partial charge in [0.1, 0.15) is 5.75 Å². The van der Waals surface area contributed by atoms with Crippen LogP contribution in [0.1, 0.15) is 95.1 Å². The maximum Gasteiger partial charge on any atom is 0.314 e. The van der Waals surface area contributed by atoms with Gasteiger partial charge in [0.2, 0.25) is 0 Å². The Balaban J connectivity index is 1.17. The van der Waals surface area contributed by atoms with E-state index < -0.39 is 0 Å². The SMILES string of the molecule is CCCCCC1CCC(c2ccc(OC(=O)C(C)CCCc3ccc(-c4ccccc4)cc3)cc2)CC1. The molecule has 1 fully saturated rings. The van der Waals surface area contributed by atoms with Crippen LogP contribution in [0, 0.1) is 11.8 Å². The molecule has 1 atom stereocenters. The molecule has 0 bridgehead atoms. The summed E-state index contributed by atoms with van der Waals surface area (Å²) >= 11 is 0. The molecule has 1 aliphatic rings. The molecule has 0 radical (unpaired) electrons. The molecule has 3 aromatic carbocycles. The number of rotatable bonds is 12.